The molecule has 0 bridgehead atoms. The van der Waals surface area contributed by atoms with Gasteiger partial charge in [-0.05, 0) is 30.0 Å². The van der Waals surface area contributed by atoms with Crippen LogP contribution in [-0.4, -0.2) is 23.3 Å². The smallest absolute Gasteiger partial charge is 0.261 e. The van der Waals surface area contributed by atoms with Crippen LogP contribution >= 0.6 is 23.6 Å². The van der Waals surface area contributed by atoms with E-state index in [0.29, 0.717) is 18.7 Å². The van der Waals surface area contributed by atoms with Gasteiger partial charge >= 0.3 is 0 Å². The Balaban J connectivity index is 2.48. The summed E-state index contributed by atoms with van der Waals surface area (Å²) in [4.78, 5) is 13.7. The first kappa shape index (κ1) is 14.9. The van der Waals surface area contributed by atoms with E-state index in [-0.39, 0.29) is 10.5 Å². The quantitative estimate of drug-likeness (QED) is 0.657. The third-order valence-corrected chi connectivity index (χ3v) is 4.06. The number of ether oxygens (including phenoxy) is 1. The molecule has 0 saturated carbocycles. The maximum atomic E-state index is 12.5. The molecule has 2 rings (SSSR count). The van der Waals surface area contributed by atoms with Crippen LogP contribution in [-0.2, 0) is 11.3 Å². The monoisotopic (exact) mass is 308 g/mol. The summed E-state index contributed by atoms with van der Waals surface area (Å²) in [7, 11) is 1.65. The zero-order valence-corrected chi connectivity index (χ0v) is 12.8. The first-order chi connectivity index (χ1) is 9.65. The summed E-state index contributed by atoms with van der Waals surface area (Å²) >= 11 is 6.53. The van der Waals surface area contributed by atoms with E-state index in [2.05, 4.69) is 0 Å². The molecule has 2 aromatic heterocycles. The minimum Gasteiger partial charge on any atom is -0.389 e. The fourth-order valence-corrected chi connectivity index (χ4v) is 2.91. The molecule has 0 aliphatic rings. The van der Waals surface area contributed by atoms with E-state index in [1.54, 1.807) is 29.1 Å². The molecule has 0 amide bonds. The van der Waals surface area contributed by atoms with E-state index in [9.17, 15) is 4.79 Å². The molecule has 2 aromatic rings. The number of nitrogens with two attached hydrogens (primary N) is 1. The first-order valence-electron chi connectivity index (χ1n) is 6.21. The number of rotatable bonds is 6. The van der Waals surface area contributed by atoms with Crippen LogP contribution in [0, 0.1) is 0 Å². The Morgan fingerprint density at radius 3 is 2.85 bits per heavy atom. The average molecular weight is 308 g/mol. The lowest BCUT2D eigenvalue weighted by Gasteiger charge is -2.13. The number of aromatic nitrogens is 1. The third-order valence-electron chi connectivity index (χ3n) is 2.94. The lowest BCUT2D eigenvalue weighted by atomic mass is 10.2. The molecule has 0 spiro atoms. The van der Waals surface area contributed by atoms with E-state index in [4.69, 9.17) is 22.7 Å². The normalized spacial score (nSPS) is 10.7. The van der Waals surface area contributed by atoms with Gasteiger partial charge in [0.15, 0.2) is 0 Å². The number of pyridine rings is 1. The second-order valence-corrected chi connectivity index (χ2v) is 5.66. The third kappa shape index (κ3) is 3.15. The van der Waals surface area contributed by atoms with Crippen molar-refractivity contribution in [2.45, 2.75) is 13.0 Å². The number of thiophene rings is 1. The molecule has 0 aromatic carbocycles. The Morgan fingerprint density at radius 2 is 2.25 bits per heavy atom. The highest BCUT2D eigenvalue weighted by Crippen LogP contribution is 2.24. The molecule has 0 aliphatic heterocycles. The van der Waals surface area contributed by atoms with Gasteiger partial charge in [0, 0.05) is 20.3 Å². The van der Waals surface area contributed by atoms with Crippen molar-refractivity contribution in [3.05, 3.63) is 45.6 Å². The van der Waals surface area contributed by atoms with Gasteiger partial charge in [-0.3, -0.25) is 4.79 Å². The Labute approximate surface area is 126 Å². The van der Waals surface area contributed by atoms with E-state index in [1.807, 2.05) is 23.6 Å². The van der Waals surface area contributed by atoms with Gasteiger partial charge < -0.3 is 15.0 Å². The van der Waals surface area contributed by atoms with Gasteiger partial charge in [0.05, 0.1) is 16.1 Å². The summed E-state index contributed by atoms with van der Waals surface area (Å²) in [6.45, 7) is 1.18. The average Bonchev–Trinajstić information content (AvgIpc) is 2.94. The number of hydrogen-bond acceptors (Lipinski definition) is 4. The lowest BCUT2D eigenvalue weighted by molar-refractivity contribution is 0.190. The second-order valence-electron chi connectivity index (χ2n) is 4.28. The van der Waals surface area contributed by atoms with Crippen molar-refractivity contribution in [2.24, 2.45) is 5.73 Å². The minimum absolute atomic E-state index is 0.133. The molecule has 4 nitrogen and oxygen atoms in total. The number of hydrogen-bond donors (Lipinski definition) is 1. The van der Waals surface area contributed by atoms with Gasteiger partial charge in [-0.1, -0.05) is 18.3 Å². The van der Waals surface area contributed by atoms with Crippen LogP contribution in [0.3, 0.4) is 0 Å². The summed E-state index contributed by atoms with van der Waals surface area (Å²) in [6.07, 6.45) is 0.759. The van der Waals surface area contributed by atoms with Gasteiger partial charge in [-0.2, -0.15) is 0 Å². The topological polar surface area (TPSA) is 57.2 Å². The van der Waals surface area contributed by atoms with Crippen LogP contribution < -0.4 is 11.3 Å². The molecule has 2 heterocycles. The fraction of sp³-hybridized carbons (Fsp3) is 0.286. The van der Waals surface area contributed by atoms with Crippen molar-refractivity contribution >= 4 is 28.5 Å². The molecule has 2 N–H and O–H groups in total. The molecule has 0 fully saturated rings. The van der Waals surface area contributed by atoms with Crippen LogP contribution in [0.25, 0.3) is 10.6 Å². The Morgan fingerprint density at radius 1 is 1.45 bits per heavy atom. The summed E-state index contributed by atoms with van der Waals surface area (Å²) < 4.78 is 6.77. The molecule has 0 aliphatic carbocycles. The van der Waals surface area contributed by atoms with Crippen molar-refractivity contribution < 1.29 is 4.74 Å². The summed E-state index contributed by atoms with van der Waals surface area (Å²) in [5.41, 5.74) is 6.74. The van der Waals surface area contributed by atoms with E-state index in [1.165, 1.54) is 0 Å². The van der Waals surface area contributed by atoms with Gasteiger partial charge in [0.1, 0.15) is 4.99 Å². The van der Waals surface area contributed by atoms with Crippen molar-refractivity contribution in [3.63, 3.8) is 0 Å². The molecular weight excluding hydrogens is 292 g/mol. The highest BCUT2D eigenvalue weighted by Gasteiger charge is 2.12. The highest BCUT2D eigenvalue weighted by atomic mass is 32.1. The molecule has 0 saturated heterocycles. The number of methoxy groups -OCH3 is 1. The van der Waals surface area contributed by atoms with Crippen molar-refractivity contribution in [1.29, 1.82) is 0 Å². The Bertz CT molecular complexity index is 648. The minimum atomic E-state index is -0.139. The maximum absolute atomic E-state index is 12.5. The van der Waals surface area contributed by atoms with E-state index >= 15 is 0 Å². The predicted octanol–water partition coefficient (Wildman–Crippen LogP) is 2.25. The zero-order valence-electron chi connectivity index (χ0n) is 11.2. The largest absolute Gasteiger partial charge is 0.389 e. The highest BCUT2D eigenvalue weighted by molar-refractivity contribution is 7.80. The molecule has 20 heavy (non-hydrogen) atoms. The van der Waals surface area contributed by atoms with Gasteiger partial charge in [0.25, 0.3) is 5.56 Å². The van der Waals surface area contributed by atoms with Crippen LogP contribution in [0.1, 0.15) is 12.0 Å². The van der Waals surface area contributed by atoms with Crippen molar-refractivity contribution in [3.8, 4) is 10.6 Å². The van der Waals surface area contributed by atoms with Gasteiger partial charge in [-0.25, -0.2) is 0 Å². The van der Waals surface area contributed by atoms with Crippen molar-refractivity contribution in [2.75, 3.05) is 13.7 Å². The summed E-state index contributed by atoms with van der Waals surface area (Å²) in [5.74, 6) is 0. The maximum Gasteiger partial charge on any atom is 0.261 e. The Hall–Kier alpha value is -1.50. The van der Waals surface area contributed by atoms with Crippen LogP contribution in [0.15, 0.2) is 34.4 Å². The summed E-state index contributed by atoms with van der Waals surface area (Å²) in [5, 5.41) is 1.99. The van der Waals surface area contributed by atoms with E-state index < -0.39 is 0 Å². The lowest BCUT2D eigenvalue weighted by Crippen LogP contribution is -2.30. The van der Waals surface area contributed by atoms with Crippen LogP contribution in [0.5, 0.6) is 0 Å². The molecule has 0 radical (unpaired) electrons. The van der Waals surface area contributed by atoms with Gasteiger partial charge in [0.2, 0.25) is 0 Å². The molecular formula is C14H16N2O2S2. The zero-order chi connectivity index (χ0) is 14.5. The predicted molar refractivity (Wildman–Crippen MR) is 86.4 cm³/mol. The Kier molecular flexibility index (Phi) is 5.05. The van der Waals surface area contributed by atoms with E-state index in [0.717, 1.165) is 17.0 Å². The van der Waals surface area contributed by atoms with Crippen LogP contribution in [0.4, 0.5) is 0 Å². The number of nitrogens with zero attached hydrogens (tertiary/aromatic N) is 1. The first-order valence-corrected chi connectivity index (χ1v) is 7.50. The fourth-order valence-electron chi connectivity index (χ4n) is 1.99. The second kappa shape index (κ2) is 6.78. The van der Waals surface area contributed by atoms with Crippen molar-refractivity contribution in [1.82, 2.24) is 4.57 Å². The number of thiocarbonyl (C=S) groups is 1. The van der Waals surface area contributed by atoms with Gasteiger partial charge in [-0.15, -0.1) is 11.3 Å². The van der Waals surface area contributed by atoms with Crippen LogP contribution in [0.2, 0.25) is 0 Å². The molecule has 106 valence electrons. The standard InChI is InChI=1S/C14H16N2O2S2/c1-18-8-3-7-16-11(12-4-2-9-20-12)6-5-10(13(15)19)14(16)17/h2,4-6,9H,3,7-8H2,1H3,(H2,15,19). The molecule has 0 unspecified atom stereocenters. The SMILES string of the molecule is COCCCn1c(-c2cccs2)ccc(C(N)=S)c1=O. The summed E-state index contributed by atoms with van der Waals surface area (Å²) in [6, 6.07) is 7.55. The molecule has 6 heteroatoms. The molecule has 0 atom stereocenters.